The van der Waals surface area contributed by atoms with E-state index in [2.05, 4.69) is 53.6 Å². The summed E-state index contributed by atoms with van der Waals surface area (Å²) in [7, 11) is 0. The number of fused-ring (bicyclic) bond motifs is 1. The number of rotatable bonds is 6. The number of allylic oxidation sites excluding steroid dienone is 1. The Kier molecular flexibility index (Phi) is 8.26. The molecule has 0 aliphatic carbocycles. The molecule has 0 amide bonds. The van der Waals surface area contributed by atoms with E-state index in [1.165, 1.54) is 29.7 Å². The summed E-state index contributed by atoms with van der Waals surface area (Å²) in [6.45, 7) is 12.4. The quantitative estimate of drug-likeness (QED) is 0.377. The maximum Gasteiger partial charge on any atom is 0.0446 e. The lowest BCUT2D eigenvalue weighted by molar-refractivity contribution is 0.505. The average molecular weight is 346 g/mol. The van der Waals surface area contributed by atoms with E-state index in [0.717, 1.165) is 43.7 Å². The standard InChI is InChI=1S/C20H31N3S/c1-4-6-8-14-21-18-12-10-13-19-20(18)16(3)23-17(5-2)11-7-9-15-22-24-19/h4,10,12-13,17,21-23H,1,3,5-9,11,14-15H2,2H3. The van der Waals surface area contributed by atoms with Gasteiger partial charge < -0.3 is 10.6 Å². The molecule has 0 bridgehead atoms. The highest BCUT2D eigenvalue weighted by molar-refractivity contribution is 7.97. The first-order valence-electron chi connectivity index (χ1n) is 9.09. The van der Waals surface area contributed by atoms with Crippen LogP contribution in [0.25, 0.3) is 5.70 Å². The molecule has 1 heterocycles. The van der Waals surface area contributed by atoms with Crippen LogP contribution in [0.15, 0.2) is 42.3 Å². The van der Waals surface area contributed by atoms with Crippen LogP contribution in [0.4, 0.5) is 5.69 Å². The van der Waals surface area contributed by atoms with Gasteiger partial charge in [0.05, 0.1) is 0 Å². The Hall–Kier alpha value is -1.39. The van der Waals surface area contributed by atoms with Gasteiger partial charge in [0.2, 0.25) is 0 Å². The van der Waals surface area contributed by atoms with E-state index in [1.54, 1.807) is 11.9 Å². The third-order valence-corrected chi connectivity index (χ3v) is 5.27. The molecular formula is C20H31N3S. The minimum Gasteiger partial charge on any atom is -0.384 e. The van der Waals surface area contributed by atoms with Crippen LogP contribution >= 0.6 is 11.9 Å². The van der Waals surface area contributed by atoms with Crippen molar-refractivity contribution in [1.82, 2.24) is 10.0 Å². The number of hydrogen-bond donors (Lipinski definition) is 3. The summed E-state index contributed by atoms with van der Waals surface area (Å²) < 4.78 is 3.50. The predicted molar refractivity (Wildman–Crippen MR) is 108 cm³/mol. The van der Waals surface area contributed by atoms with Gasteiger partial charge in [-0.2, -0.15) is 0 Å². The zero-order valence-electron chi connectivity index (χ0n) is 14.9. The summed E-state index contributed by atoms with van der Waals surface area (Å²) in [4.78, 5) is 1.23. The second kappa shape index (κ2) is 10.5. The molecule has 3 N–H and O–H groups in total. The molecule has 1 unspecified atom stereocenters. The van der Waals surface area contributed by atoms with Crippen LogP contribution in [0.3, 0.4) is 0 Å². The van der Waals surface area contributed by atoms with Gasteiger partial charge in [-0.25, -0.2) is 0 Å². The lowest BCUT2D eigenvalue weighted by atomic mass is 10.0. The van der Waals surface area contributed by atoms with E-state index in [-0.39, 0.29) is 0 Å². The number of anilines is 1. The van der Waals surface area contributed by atoms with Gasteiger partial charge in [0.1, 0.15) is 0 Å². The van der Waals surface area contributed by atoms with E-state index in [9.17, 15) is 0 Å². The Morgan fingerprint density at radius 2 is 2.25 bits per heavy atom. The van der Waals surface area contributed by atoms with Crippen molar-refractivity contribution in [2.75, 3.05) is 18.4 Å². The van der Waals surface area contributed by atoms with Crippen molar-refractivity contribution in [3.8, 4) is 0 Å². The molecule has 1 aliphatic rings. The largest absolute Gasteiger partial charge is 0.384 e. The van der Waals surface area contributed by atoms with Gasteiger partial charge in [0.15, 0.2) is 0 Å². The molecule has 4 heteroatoms. The van der Waals surface area contributed by atoms with Crippen LogP contribution in [0, 0.1) is 0 Å². The maximum absolute atomic E-state index is 4.35. The Morgan fingerprint density at radius 1 is 1.38 bits per heavy atom. The molecule has 0 saturated carbocycles. The van der Waals surface area contributed by atoms with Gasteiger partial charge >= 0.3 is 0 Å². The van der Waals surface area contributed by atoms with Crippen molar-refractivity contribution < 1.29 is 0 Å². The number of benzene rings is 1. The molecule has 2 rings (SSSR count). The Labute approximate surface area is 151 Å². The molecule has 0 aromatic heterocycles. The van der Waals surface area contributed by atoms with E-state index < -0.39 is 0 Å². The highest BCUT2D eigenvalue weighted by atomic mass is 32.2. The summed E-state index contributed by atoms with van der Waals surface area (Å²) >= 11 is 1.72. The van der Waals surface area contributed by atoms with E-state index >= 15 is 0 Å². The summed E-state index contributed by atoms with van der Waals surface area (Å²) in [5, 5.41) is 7.25. The number of unbranched alkanes of at least 4 members (excludes halogenated alkanes) is 1. The normalized spacial score (nSPS) is 18.9. The molecule has 1 aromatic rings. The fourth-order valence-corrected chi connectivity index (χ4v) is 3.84. The maximum atomic E-state index is 4.35. The molecule has 0 spiro atoms. The van der Waals surface area contributed by atoms with E-state index in [4.69, 9.17) is 0 Å². The third kappa shape index (κ3) is 5.60. The number of hydrogen-bond acceptors (Lipinski definition) is 4. The first-order valence-corrected chi connectivity index (χ1v) is 9.91. The fourth-order valence-electron chi connectivity index (χ4n) is 2.96. The van der Waals surface area contributed by atoms with Crippen LogP contribution in [-0.2, 0) is 0 Å². The van der Waals surface area contributed by atoms with Crippen molar-refractivity contribution in [1.29, 1.82) is 0 Å². The van der Waals surface area contributed by atoms with Crippen molar-refractivity contribution in [3.63, 3.8) is 0 Å². The van der Waals surface area contributed by atoms with Gasteiger partial charge in [0, 0.05) is 41.0 Å². The molecule has 1 aliphatic heterocycles. The predicted octanol–water partition coefficient (Wildman–Crippen LogP) is 5.18. The zero-order valence-corrected chi connectivity index (χ0v) is 15.7. The van der Waals surface area contributed by atoms with Crippen LogP contribution in [-0.4, -0.2) is 19.1 Å². The third-order valence-electron chi connectivity index (χ3n) is 4.36. The zero-order chi connectivity index (χ0) is 17.2. The van der Waals surface area contributed by atoms with Crippen LogP contribution < -0.4 is 15.4 Å². The molecular weight excluding hydrogens is 314 g/mol. The molecule has 1 aromatic carbocycles. The molecule has 0 saturated heterocycles. The second-order valence-electron chi connectivity index (χ2n) is 6.26. The topological polar surface area (TPSA) is 36.1 Å². The summed E-state index contributed by atoms with van der Waals surface area (Å²) in [5.41, 5.74) is 3.39. The Balaban J connectivity index is 2.22. The SMILES string of the molecule is C=CCCCNc1cccc2c1C(=C)NC(CC)CCCCNS2. The summed E-state index contributed by atoms with van der Waals surface area (Å²) in [6.07, 6.45) is 8.89. The van der Waals surface area contributed by atoms with Crippen molar-refractivity contribution in [3.05, 3.63) is 43.0 Å². The van der Waals surface area contributed by atoms with E-state index in [0.29, 0.717) is 6.04 Å². The van der Waals surface area contributed by atoms with Crippen molar-refractivity contribution in [2.24, 2.45) is 0 Å². The van der Waals surface area contributed by atoms with Gasteiger partial charge in [-0.1, -0.05) is 32.1 Å². The molecule has 132 valence electrons. The van der Waals surface area contributed by atoms with Gasteiger partial charge in [-0.05, 0) is 56.2 Å². The van der Waals surface area contributed by atoms with Crippen LogP contribution in [0.2, 0.25) is 0 Å². The molecule has 0 fully saturated rings. The van der Waals surface area contributed by atoms with Crippen LogP contribution in [0.1, 0.15) is 51.0 Å². The highest BCUT2D eigenvalue weighted by Crippen LogP contribution is 2.32. The lowest BCUT2D eigenvalue weighted by Gasteiger charge is -2.23. The molecule has 0 radical (unpaired) electrons. The minimum atomic E-state index is 0.502. The van der Waals surface area contributed by atoms with Crippen LogP contribution in [0.5, 0.6) is 0 Å². The monoisotopic (exact) mass is 345 g/mol. The van der Waals surface area contributed by atoms with Gasteiger partial charge in [-0.15, -0.1) is 6.58 Å². The van der Waals surface area contributed by atoms with Gasteiger partial charge in [-0.3, -0.25) is 4.72 Å². The van der Waals surface area contributed by atoms with Crippen molar-refractivity contribution in [2.45, 2.75) is 56.4 Å². The molecule has 24 heavy (non-hydrogen) atoms. The first kappa shape index (κ1) is 18.9. The molecule has 1 atom stereocenters. The Morgan fingerprint density at radius 3 is 3.04 bits per heavy atom. The average Bonchev–Trinajstić information content (AvgIpc) is 2.63. The smallest absolute Gasteiger partial charge is 0.0446 e. The van der Waals surface area contributed by atoms with Crippen molar-refractivity contribution >= 4 is 23.3 Å². The van der Waals surface area contributed by atoms with E-state index in [1.807, 2.05) is 6.08 Å². The lowest BCUT2D eigenvalue weighted by Crippen LogP contribution is -2.27. The highest BCUT2D eigenvalue weighted by Gasteiger charge is 2.16. The minimum absolute atomic E-state index is 0.502. The Bertz CT molecular complexity index is 542. The summed E-state index contributed by atoms with van der Waals surface area (Å²) in [6, 6.07) is 6.95. The first-order chi connectivity index (χ1) is 11.8. The van der Waals surface area contributed by atoms with Gasteiger partial charge in [0.25, 0.3) is 0 Å². The number of nitrogens with one attached hydrogen (secondary N) is 3. The summed E-state index contributed by atoms with van der Waals surface area (Å²) in [5.74, 6) is 0. The fraction of sp³-hybridized carbons (Fsp3) is 0.500. The second-order valence-corrected chi connectivity index (χ2v) is 7.19. The molecule has 3 nitrogen and oxygen atoms in total.